The Morgan fingerprint density at radius 3 is 2.39 bits per heavy atom. The lowest BCUT2D eigenvalue weighted by Crippen LogP contribution is -2.02. The van der Waals surface area contributed by atoms with E-state index < -0.39 is 0 Å². The quantitative estimate of drug-likeness (QED) is 0.840. The van der Waals surface area contributed by atoms with Crippen LogP contribution < -0.4 is 4.74 Å². The van der Waals surface area contributed by atoms with Crippen LogP contribution in [0.4, 0.5) is 0 Å². The third kappa shape index (κ3) is 3.06. The molecule has 2 aromatic rings. The number of rotatable bonds is 5. The fourth-order valence-electron chi connectivity index (χ4n) is 1.60. The van der Waals surface area contributed by atoms with Crippen molar-refractivity contribution >= 4 is 0 Å². The second-order valence-corrected chi connectivity index (χ2v) is 3.84. The van der Waals surface area contributed by atoms with Gasteiger partial charge in [0.2, 0.25) is 0 Å². The number of nitrogens with zero attached hydrogens (tertiary/aromatic N) is 1. The van der Waals surface area contributed by atoms with Crippen molar-refractivity contribution in [2.45, 2.75) is 19.8 Å². The molecular formula is C14H15NO3. The van der Waals surface area contributed by atoms with E-state index in [2.05, 4.69) is 4.98 Å². The molecule has 0 atom stereocenters. The summed E-state index contributed by atoms with van der Waals surface area (Å²) in [4.78, 5) is 4.10. The number of benzene rings is 1. The Hall–Kier alpha value is -1.91. The highest BCUT2D eigenvalue weighted by Gasteiger charge is 2.06. The molecule has 0 fully saturated rings. The Balaban J connectivity index is 2.09. The van der Waals surface area contributed by atoms with E-state index in [0.717, 1.165) is 5.56 Å². The predicted octanol–water partition coefficient (Wildman–Crippen LogP) is 1.65. The van der Waals surface area contributed by atoms with Gasteiger partial charge in [0.25, 0.3) is 0 Å². The summed E-state index contributed by atoms with van der Waals surface area (Å²) >= 11 is 0. The Labute approximate surface area is 106 Å². The molecule has 1 heterocycles. The minimum absolute atomic E-state index is 0.147. The summed E-state index contributed by atoms with van der Waals surface area (Å²) in [6.45, 7) is 0.0674. The largest absolute Gasteiger partial charge is 0.487 e. The van der Waals surface area contributed by atoms with Crippen molar-refractivity contribution in [1.82, 2.24) is 4.98 Å². The first-order chi connectivity index (χ1) is 8.83. The first-order valence-electron chi connectivity index (χ1n) is 5.70. The fourth-order valence-corrected chi connectivity index (χ4v) is 1.60. The van der Waals surface area contributed by atoms with Crippen molar-refractivity contribution < 1.29 is 14.9 Å². The molecule has 0 aliphatic rings. The maximum absolute atomic E-state index is 9.21. The lowest BCUT2D eigenvalue weighted by atomic mass is 10.2. The van der Waals surface area contributed by atoms with E-state index in [4.69, 9.17) is 9.84 Å². The van der Waals surface area contributed by atoms with Gasteiger partial charge in [-0.05, 0) is 17.7 Å². The van der Waals surface area contributed by atoms with Gasteiger partial charge < -0.3 is 14.9 Å². The molecule has 0 aliphatic carbocycles. The van der Waals surface area contributed by atoms with Gasteiger partial charge in [0.05, 0.1) is 18.9 Å². The molecule has 18 heavy (non-hydrogen) atoms. The molecular weight excluding hydrogens is 230 g/mol. The van der Waals surface area contributed by atoms with Crippen LogP contribution >= 0.6 is 0 Å². The van der Waals surface area contributed by atoms with Crippen molar-refractivity contribution in [2.24, 2.45) is 0 Å². The number of aliphatic hydroxyl groups excluding tert-OH is 2. The van der Waals surface area contributed by atoms with Crippen molar-refractivity contribution in [2.75, 3.05) is 0 Å². The van der Waals surface area contributed by atoms with E-state index in [1.54, 1.807) is 12.1 Å². The van der Waals surface area contributed by atoms with Crippen LogP contribution in [0, 0.1) is 0 Å². The molecule has 0 radical (unpaired) electrons. The lowest BCUT2D eigenvalue weighted by Gasteiger charge is -2.10. The van der Waals surface area contributed by atoms with Crippen LogP contribution in [0.2, 0.25) is 0 Å². The van der Waals surface area contributed by atoms with Gasteiger partial charge in [-0.2, -0.15) is 0 Å². The molecule has 0 aliphatic heterocycles. The standard InChI is InChI=1S/C14H15NO3/c16-8-12-6-7-14(13(9-17)15-12)18-10-11-4-2-1-3-5-11/h1-7,16-17H,8-10H2. The van der Waals surface area contributed by atoms with Gasteiger partial charge in [-0.15, -0.1) is 0 Å². The molecule has 2 rings (SSSR count). The minimum atomic E-state index is -0.210. The average molecular weight is 245 g/mol. The predicted molar refractivity (Wildman–Crippen MR) is 66.9 cm³/mol. The fraction of sp³-hybridized carbons (Fsp3) is 0.214. The number of ether oxygens (including phenoxy) is 1. The Kier molecular flexibility index (Phi) is 4.28. The zero-order valence-corrected chi connectivity index (χ0v) is 9.91. The van der Waals surface area contributed by atoms with Crippen molar-refractivity contribution in [3.8, 4) is 5.75 Å². The van der Waals surface area contributed by atoms with Crippen molar-refractivity contribution in [1.29, 1.82) is 0 Å². The Morgan fingerprint density at radius 2 is 1.72 bits per heavy atom. The highest BCUT2D eigenvalue weighted by atomic mass is 16.5. The smallest absolute Gasteiger partial charge is 0.143 e. The van der Waals surface area contributed by atoms with Gasteiger partial charge >= 0.3 is 0 Å². The second kappa shape index (κ2) is 6.14. The van der Waals surface area contributed by atoms with E-state index in [1.165, 1.54) is 0 Å². The van der Waals surface area contributed by atoms with Gasteiger partial charge in [-0.1, -0.05) is 30.3 Å². The van der Waals surface area contributed by atoms with Crippen molar-refractivity contribution in [3.63, 3.8) is 0 Å². The number of hydrogen-bond donors (Lipinski definition) is 2. The maximum Gasteiger partial charge on any atom is 0.143 e. The first-order valence-corrected chi connectivity index (χ1v) is 5.70. The third-order valence-corrected chi connectivity index (χ3v) is 2.54. The highest BCUT2D eigenvalue weighted by Crippen LogP contribution is 2.18. The molecule has 0 saturated heterocycles. The van der Waals surface area contributed by atoms with E-state index >= 15 is 0 Å². The topological polar surface area (TPSA) is 62.6 Å². The SMILES string of the molecule is OCc1ccc(OCc2ccccc2)c(CO)n1. The summed E-state index contributed by atoms with van der Waals surface area (Å²) in [5, 5.41) is 18.2. The van der Waals surface area contributed by atoms with E-state index in [9.17, 15) is 5.11 Å². The van der Waals surface area contributed by atoms with E-state index in [-0.39, 0.29) is 13.2 Å². The monoisotopic (exact) mass is 245 g/mol. The molecule has 2 N–H and O–H groups in total. The molecule has 4 nitrogen and oxygen atoms in total. The summed E-state index contributed by atoms with van der Waals surface area (Å²) in [5.74, 6) is 0.540. The molecule has 0 saturated carbocycles. The van der Waals surface area contributed by atoms with Gasteiger partial charge in [0.15, 0.2) is 0 Å². The summed E-state index contributed by atoms with van der Waals surface area (Å²) < 4.78 is 5.61. The average Bonchev–Trinajstić information content (AvgIpc) is 2.46. The summed E-state index contributed by atoms with van der Waals surface area (Å²) in [7, 11) is 0. The van der Waals surface area contributed by atoms with Gasteiger partial charge in [0, 0.05) is 0 Å². The summed E-state index contributed by atoms with van der Waals surface area (Å²) in [6, 6.07) is 13.2. The van der Waals surface area contributed by atoms with Crippen LogP contribution in [-0.2, 0) is 19.8 Å². The van der Waals surface area contributed by atoms with Crippen LogP contribution in [0.1, 0.15) is 17.0 Å². The van der Waals surface area contributed by atoms with Crippen LogP contribution in [-0.4, -0.2) is 15.2 Å². The van der Waals surface area contributed by atoms with E-state index in [1.807, 2.05) is 30.3 Å². The molecule has 94 valence electrons. The number of pyridine rings is 1. The number of aromatic nitrogens is 1. The number of hydrogen-bond acceptors (Lipinski definition) is 4. The molecule has 0 spiro atoms. The van der Waals surface area contributed by atoms with Gasteiger partial charge in [0.1, 0.15) is 18.1 Å². The maximum atomic E-state index is 9.21. The van der Waals surface area contributed by atoms with Gasteiger partial charge in [-0.3, -0.25) is 0 Å². The van der Waals surface area contributed by atoms with Crippen LogP contribution in [0.3, 0.4) is 0 Å². The van der Waals surface area contributed by atoms with Crippen LogP contribution in [0.5, 0.6) is 5.75 Å². The third-order valence-electron chi connectivity index (χ3n) is 2.54. The second-order valence-electron chi connectivity index (χ2n) is 3.84. The van der Waals surface area contributed by atoms with Crippen LogP contribution in [0.15, 0.2) is 42.5 Å². The van der Waals surface area contributed by atoms with Crippen LogP contribution in [0.25, 0.3) is 0 Å². The zero-order valence-electron chi connectivity index (χ0n) is 9.91. The minimum Gasteiger partial charge on any atom is -0.487 e. The van der Waals surface area contributed by atoms with Gasteiger partial charge in [-0.25, -0.2) is 4.98 Å². The molecule has 1 aromatic heterocycles. The molecule has 0 unspecified atom stereocenters. The van der Waals surface area contributed by atoms with E-state index in [0.29, 0.717) is 23.7 Å². The Bertz CT molecular complexity index is 500. The Morgan fingerprint density at radius 1 is 0.944 bits per heavy atom. The highest BCUT2D eigenvalue weighted by molar-refractivity contribution is 5.29. The molecule has 0 bridgehead atoms. The zero-order chi connectivity index (χ0) is 12.8. The lowest BCUT2D eigenvalue weighted by molar-refractivity contribution is 0.247. The summed E-state index contributed by atoms with van der Waals surface area (Å²) in [5.41, 5.74) is 2.01. The number of aliphatic hydroxyl groups is 2. The molecule has 0 amide bonds. The normalized spacial score (nSPS) is 10.3. The molecule has 4 heteroatoms. The first kappa shape index (κ1) is 12.5. The van der Waals surface area contributed by atoms with Crippen molar-refractivity contribution in [3.05, 3.63) is 59.4 Å². The molecule has 1 aromatic carbocycles. The summed E-state index contributed by atoms with van der Waals surface area (Å²) in [6.07, 6.45) is 0.